The predicted molar refractivity (Wildman–Crippen MR) is 96.5 cm³/mol. The van der Waals surface area contributed by atoms with Crippen LogP contribution in [-0.2, 0) is 0 Å². The summed E-state index contributed by atoms with van der Waals surface area (Å²) in [5.41, 5.74) is 7.30. The van der Waals surface area contributed by atoms with E-state index in [0.717, 1.165) is 43.1 Å². The standard InChI is InChI=1S/C18H19N7O/c19-18(26)13-4-5-17(21-11-13)24-9-6-14(7-10-24)25-12-16(22-23-25)15-3-1-2-8-20-15/h1-5,8,11-12,14H,6-7,9-10H2,(H2,19,26). The fraction of sp³-hybridized carbons (Fsp3) is 0.278. The summed E-state index contributed by atoms with van der Waals surface area (Å²) >= 11 is 0. The van der Waals surface area contributed by atoms with Crippen molar-refractivity contribution >= 4 is 11.7 Å². The SMILES string of the molecule is NC(=O)c1ccc(N2CCC(n3cc(-c4ccccn4)nn3)CC2)nc1. The zero-order valence-electron chi connectivity index (χ0n) is 14.2. The maximum absolute atomic E-state index is 11.1. The van der Waals surface area contributed by atoms with Gasteiger partial charge in [-0.25, -0.2) is 9.67 Å². The molecule has 1 fully saturated rings. The molecule has 0 spiro atoms. The summed E-state index contributed by atoms with van der Waals surface area (Å²) in [5, 5.41) is 8.53. The number of nitrogens with two attached hydrogens (primary N) is 1. The van der Waals surface area contributed by atoms with E-state index in [1.165, 1.54) is 6.20 Å². The highest BCUT2D eigenvalue weighted by Crippen LogP contribution is 2.26. The summed E-state index contributed by atoms with van der Waals surface area (Å²) in [4.78, 5) is 22.0. The van der Waals surface area contributed by atoms with Gasteiger partial charge in [-0.15, -0.1) is 5.10 Å². The lowest BCUT2D eigenvalue weighted by atomic mass is 10.1. The Labute approximate surface area is 150 Å². The van der Waals surface area contributed by atoms with E-state index in [1.54, 1.807) is 12.3 Å². The number of amides is 1. The van der Waals surface area contributed by atoms with Gasteiger partial charge < -0.3 is 10.6 Å². The van der Waals surface area contributed by atoms with E-state index in [4.69, 9.17) is 5.73 Å². The first kappa shape index (κ1) is 16.2. The Morgan fingerprint density at radius 2 is 1.92 bits per heavy atom. The van der Waals surface area contributed by atoms with Gasteiger partial charge in [0.05, 0.1) is 23.5 Å². The number of hydrogen-bond donors (Lipinski definition) is 1. The summed E-state index contributed by atoms with van der Waals surface area (Å²) in [6, 6.07) is 9.62. The van der Waals surface area contributed by atoms with Gasteiger partial charge in [0.25, 0.3) is 0 Å². The zero-order valence-corrected chi connectivity index (χ0v) is 14.2. The van der Waals surface area contributed by atoms with Crippen molar-refractivity contribution in [3.63, 3.8) is 0 Å². The molecule has 0 saturated carbocycles. The summed E-state index contributed by atoms with van der Waals surface area (Å²) in [5.74, 6) is 0.402. The first-order chi connectivity index (χ1) is 12.7. The van der Waals surface area contributed by atoms with E-state index in [-0.39, 0.29) is 0 Å². The van der Waals surface area contributed by atoms with Crippen LogP contribution in [0.15, 0.2) is 48.9 Å². The minimum Gasteiger partial charge on any atom is -0.366 e. The maximum Gasteiger partial charge on any atom is 0.250 e. The largest absolute Gasteiger partial charge is 0.366 e. The summed E-state index contributed by atoms with van der Waals surface area (Å²) in [7, 11) is 0. The Hall–Kier alpha value is -3.29. The minimum absolute atomic E-state index is 0.307. The molecule has 2 N–H and O–H groups in total. The number of aromatic nitrogens is 5. The number of hydrogen-bond acceptors (Lipinski definition) is 6. The van der Waals surface area contributed by atoms with Crippen molar-refractivity contribution in [3.8, 4) is 11.4 Å². The van der Waals surface area contributed by atoms with Crippen molar-refractivity contribution in [2.24, 2.45) is 5.73 Å². The molecular weight excluding hydrogens is 330 g/mol. The summed E-state index contributed by atoms with van der Waals surface area (Å²) in [6.45, 7) is 1.73. The molecule has 4 rings (SSSR count). The number of piperidine rings is 1. The highest BCUT2D eigenvalue weighted by molar-refractivity contribution is 5.92. The molecule has 1 aliphatic heterocycles. The van der Waals surface area contributed by atoms with Crippen molar-refractivity contribution in [1.29, 1.82) is 0 Å². The van der Waals surface area contributed by atoms with Crippen LogP contribution in [-0.4, -0.2) is 44.0 Å². The third-order valence-corrected chi connectivity index (χ3v) is 4.63. The van der Waals surface area contributed by atoms with Gasteiger partial charge in [-0.1, -0.05) is 11.3 Å². The van der Waals surface area contributed by atoms with Gasteiger partial charge >= 0.3 is 0 Å². The molecule has 0 bridgehead atoms. The number of nitrogens with zero attached hydrogens (tertiary/aromatic N) is 6. The molecule has 26 heavy (non-hydrogen) atoms. The maximum atomic E-state index is 11.1. The lowest BCUT2D eigenvalue weighted by molar-refractivity contribution is 0.1000. The first-order valence-corrected chi connectivity index (χ1v) is 8.55. The predicted octanol–water partition coefficient (Wildman–Crippen LogP) is 1.68. The lowest BCUT2D eigenvalue weighted by Crippen LogP contribution is -2.35. The van der Waals surface area contributed by atoms with E-state index in [1.807, 2.05) is 35.1 Å². The van der Waals surface area contributed by atoms with Crippen LogP contribution in [0.2, 0.25) is 0 Å². The van der Waals surface area contributed by atoms with Crippen molar-refractivity contribution in [2.45, 2.75) is 18.9 Å². The molecule has 3 aromatic rings. The van der Waals surface area contributed by atoms with Gasteiger partial charge in [0, 0.05) is 25.5 Å². The van der Waals surface area contributed by atoms with Gasteiger partial charge in [0.1, 0.15) is 11.5 Å². The van der Waals surface area contributed by atoms with Crippen molar-refractivity contribution in [1.82, 2.24) is 25.0 Å². The van der Waals surface area contributed by atoms with Gasteiger partial charge in [-0.05, 0) is 37.1 Å². The molecule has 1 aliphatic rings. The van der Waals surface area contributed by atoms with Crippen LogP contribution >= 0.6 is 0 Å². The molecular formula is C18H19N7O. The highest BCUT2D eigenvalue weighted by Gasteiger charge is 2.23. The number of carbonyl (C=O) groups is 1. The quantitative estimate of drug-likeness (QED) is 0.769. The second kappa shape index (κ2) is 6.91. The van der Waals surface area contributed by atoms with Crippen LogP contribution in [0.5, 0.6) is 0 Å². The number of pyridine rings is 2. The molecule has 0 aliphatic carbocycles. The Morgan fingerprint density at radius 3 is 2.58 bits per heavy atom. The molecule has 8 heteroatoms. The van der Waals surface area contributed by atoms with Crippen LogP contribution in [0.3, 0.4) is 0 Å². The van der Waals surface area contributed by atoms with Gasteiger partial charge in [-0.2, -0.15) is 0 Å². The van der Waals surface area contributed by atoms with Crippen molar-refractivity contribution in [2.75, 3.05) is 18.0 Å². The third-order valence-electron chi connectivity index (χ3n) is 4.63. The van der Waals surface area contributed by atoms with Crippen LogP contribution in [0, 0.1) is 0 Å². The van der Waals surface area contributed by atoms with Crippen LogP contribution in [0.25, 0.3) is 11.4 Å². The number of anilines is 1. The smallest absolute Gasteiger partial charge is 0.250 e. The Balaban J connectivity index is 1.41. The van der Waals surface area contributed by atoms with Crippen molar-refractivity contribution in [3.05, 3.63) is 54.5 Å². The molecule has 8 nitrogen and oxygen atoms in total. The van der Waals surface area contributed by atoms with E-state index in [2.05, 4.69) is 25.2 Å². The third kappa shape index (κ3) is 3.26. The fourth-order valence-corrected chi connectivity index (χ4v) is 3.17. The molecule has 0 unspecified atom stereocenters. The second-order valence-corrected chi connectivity index (χ2v) is 6.29. The molecule has 0 aromatic carbocycles. The number of primary amides is 1. The topological polar surface area (TPSA) is 103 Å². The van der Waals surface area contributed by atoms with E-state index >= 15 is 0 Å². The fourth-order valence-electron chi connectivity index (χ4n) is 3.17. The molecule has 1 amide bonds. The lowest BCUT2D eigenvalue weighted by Gasteiger charge is -2.32. The highest BCUT2D eigenvalue weighted by atomic mass is 16.1. The average molecular weight is 349 g/mol. The van der Waals surface area contributed by atoms with Gasteiger partial charge in [-0.3, -0.25) is 9.78 Å². The summed E-state index contributed by atoms with van der Waals surface area (Å²) in [6.07, 6.45) is 7.14. The molecule has 1 saturated heterocycles. The van der Waals surface area contributed by atoms with E-state index in [9.17, 15) is 4.79 Å². The Bertz CT molecular complexity index is 883. The van der Waals surface area contributed by atoms with Gasteiger partial charge in [0.2, 0.25) is 5.91 Å². The van der Waals surface area contributed by atoms with Crippen molar-refractivity contribution < 1.29 is 4.79 Å². The normalized spacial score (nSPS) is 15.2. The number of carbonyl (C=O) groups excluding carboxylic acids is 1. The Morgan fingerprint density at radius 1 is 1.08 bits per heavy atom. The van der Waals surface area contributed by atoms with Gasteiger partial charge in [0.15, 0.2) is 0 Å². The zero-order chi connectivity index (χ0) is 17.9. The molecule has 3 aromatic heterocycles. The summed E-state index contributed by atoms with van der Waals surface area (Å²) < 4.78 is 1.94. The Kier molecular flexibility index (Phi) is 4.30. The number of rotatable bonds is 4. The van der Waals surface area contributed by atoms with E-state index < -0.39 is 5.91 Å². The van der Waals surface area contributed by atoms with Crippen LogP contribution in [0.4, 0.5) is 5.82 Å². The van der Waals surface area contributed by atoms with Crippen LogP contribution < -0.4 is 10.6 Å². The minimum atomic E-state index is -0.461. The molecule has 0 radical (unpaired) electrons. The van der Waals surface area contributed by atoms with Crippen LogP contribution in [0.1, 0.15) is 29.2 Å². The molecule has 0 atom stereocenters. The van der Waals surface area contributed by atoms with E-state index in [0.29, 0.717) is 11.6 Å². The average Bonchev–Trinajstić information content (AvgIpc) is 3.19. The first-order valence-electron chi connectivity index (χ1n) is 8.55. The monoisotopic (exact) mass is 349 g/mol. The molecule has 4 heterocycles. The molecule has 132 valence electrons. The second-order valence-electron chi connectivity index (χ2n) is 6.29.